The summed E-state index contributed by atoms with van der Waals surface area (Å²) in [4.78, 5) is 0. The minimum absolute atomic E-state index is 0.0247. The number of aryl methyl sites for hydroxylation is 1. The lowest BCUT2D eigenvalue weighted by Gasteiger charge is -2.06. The monoisotopic (exact) mass is 252 g/mol. The van der Waals surface area contributed by atoms with Crippen molar-refractivity contribution in [2.24, 2.45) is 0 Å². The van der Waals surface area contributed by atoms with Crippen LogP contribution in [0, 0.1) is 0 Å². The number of rotatable bonds is 9. The maximum atomic E-state index is 9.62. The van der Waals surface area contributed by atoms with Gasteiger partial charge >= 0.3 is 0 Å². The van der Waals surface area contributed by atoms with Crippen LogP contribution in [0.2, 0.25) is 0 Å². The van der Waals surface area contributed by atoms with Gasteiger partial charge < -0.3 is 14.9 Å². The molecule has 0 aliphatic rings. The fraction of sp³-hybridized carbons (Fsp3) is 0.600. The molecule has 0 bridgehead atoms. The van der Waals surface area contributed by atoms with Gasteiger partial charge in [-0.15, -0.1) is 0 Å². The first-order chi connectivity index (χ1) is 8.75. The van der Waals surface area contributed by atoms with Crippen LogP contribution in [0.4, 0.5) is 0 Å². The van der Waals surface area contributed by atoms with E-state index in [1.165, 1.54) is 12.5 Å². The SMILES string of the molecule is CCCCOCCCCCc1cccc(O)c1O. The zero-order valence-electron chi connectivity index (χ0n) is 11.2. The maximum Gasteiger partial charge on any atom is 0.160 e. The molecule has 1 rings (SSSR count). The van der Waals surface area contributed by atoms with Crippen LogP contribution in [-0.4, -0.2) is 23.4 Å². The molecule has 0 amide bonds. The van der Waals surface area contributed by atoms with Crippen molar-refractivity contribution in [2.75, 3.05) is 13.2 Å². The number of hydrogen-bond donors (Lipinski definition) is 2. The number of ether oxygens (including phenoxy) is 1. The number of phenols is 2. The molecule has 0 atom stereocenters. The molecule has 1 aromatic rings. The van der Waals surface area contributed by atoms with Gasteiger partial charge in [0.05, 0.1) is 0 Å². The molecule has 0 aliphatic heterocycles. The normalized spacial score (nSPS) is 10.7. The third-order valence-electron chi connectivity index (χ3n) is 2.98. The van der Waals surface area contributed by atoms with Crippen molar-refractivity contribution in [1.82, 2.24) is 0 Å². The van der Waals surface area contributed by atoms with Crippen molar-refractivity contribution in [3.63, 3.8) is 0 Å². The Kier molecular flexibility index (Phi) is 7.26. The van der Waals surface area contributed by atoms with Crippen molar-refractivity contribution >= 4 is 0 Å². The van der Waals surface area contributed by atoms with E-state index < -0.39 is 0 Å². The Labute approximate surface area is 109 Å². The maximum absolute atomic E-state index is 9.62. The standard InChI is InChI=1S/C15H24O3/c1-2-3-11-18-12-6-4-5-8-13-9-7-10-14(16)15(13)17/h7,9-10,16-17H,2-6,8,11-12H2,1H3. The minimum atomic E-state index is -0.0320. The molecule has 0 spiro atoms. The van der Waals surface area contributed by atoms with Crippen LogP contribution < -0.4 is 0 Å². The zero-order valence-corrected chi connectivity index (χ0v) is 11.2. The van der Waals surface area contributed by atoms with Crippen molar-refractivity contribution in [2.45, 2.75) is 45.4 Å². The Morgan fingerprint density at radius 1 is 1.00 bits per heavy atom. The summed E-state index contributed by atoms with van der Waals surface area (Å²) in [5.74, 6) is -0.00732. The van der Waals surface area contributed by atoms with Crippen molar-refractivity contribution in [3.05, 3.63) is 23.8 Å². The van der Waals surface area contributed by atoms with E-state index in [2.05, 4.69) is 6.92 Å². The Morgan fingerprint density at radius 3 is 2.56 bits per heavy atom. The van der Waals surface area contributed by atoms with Gasteiger partial charge in [0.1, 0.15) is 0 Å². The second kappa shape index (κ2) is 8.81. The van der Waals surface area contributed by atoms with Crippen molar-refractivity contribution in [3.8, 4) is 11.5 Å². The van der Waals surface area contributed by atoms with Crippen molar-refractivity contribution in [1.29, 1.82) is 0 Å². The summed E-state index contributed by atoms with van der Waals surface area (Å²) in [7, 11) is 0. The van der Waals surface area contributed by atoms with Crippen LogP contribution in [-0.2, 0) is 11.2 Å². The van der Waals surface area contributed by atoms with Crippen LogP contribution >= 0.6 is 0 Å². The van der Waals surface area contributed by atoms with Gasteiger partial charge in [0.2, 0.25) is 0 Å². The average molecular weight is 252 g/mol. The molecular formula is C15H24O3. The molecule has 0 saturated heterocycles. The third-order valence-corrected chi connectivity index (χ3v) is 2.98. The summed E-state index contributed by atoms with van der Waals surface area (Å²) in [6.45, 7) is 3.85. The lowest BCUT2D eigenvalue weighted by molar-refractivity contribution is 0.127. The fourth-order valence-electron chi connectivity index (χ4n) is 1.82. The van der Waals surface area contributed by atoms with Gasteiger partial charge in [0.15, 0.2) is 11.5 Å². The lowest BCUT2D eigenvalue weighted by atomic mass is 10.1. The van der Waals surface area contributed by atoms with Crippen LogP contribution in [0.5, 0.6) is 11.5 Å². The minimum Gasteiger partial charge on any atom is -0.504 e. The average Bonchev–Trinajstić information content (AvgIpc) is 2.37. The number of hydrogen-bond acceptors (Lipinski definition) is 3. The first kappa shape index (κ1) is 14.8. The first-order valence-electron chi connectivity index (χ1n) is 6.83. The Balaban J connectivity index is 2.09. The Bertz CT molecular complexity index is 337. The van der Waals surface area contributed by atoms with Gasteiger partial charge in [-0.1, -0.05) is 31.9 Å². The molecule has 0 aromatic heterocycles. The second-order valence-corrected chi connectivity index (χ2v) is 4.56. The first-order valence-corrected chi connectivity index (χ1v) is 6.83. The Hall–Kier alpha value is -1.22. The number of unbranched alkanes of at least 4 members (excludes halogenated alkanes) is 3. The predicted octanol–water partition coefficient (Wildman–Crippen LogP) is 3.63. The van der Waals surface area contributed by atoms with E-state index in [4.69, 9.17) is 4.74 Å². The number of para-hydroxylation sites is 1. The molecule has 18 heavy (non-hydrogen) atoms. The highest BCUT2D eigenvalue weighted by Crippen LogP contribution is 2.29. The molecule has 0 saturated carbocycles. The lowest BCUT2D eigenvalue weighted by Crippen LogP contribution is -1.97. The van der Waals surface area contributed by atoms with Crippen LogP contribution in [0.25, 0.3) is 0 Å². The highest BCUT2D eigenvalue weighted by atomic mass is 16.5. The van der Waals surface area contributed by atoms with Crippen molar-refractivity contribution < 1.29 is 14.9 Å². The fourth-order valence-corrected chi connectivity index (χ4v) is 1.82. The Morgan fingerprint density at radius 2 is 1.78 bits per heavy atom. The van der Waals surface area contributed by atoms with Gasteiger partial charge in [0, 0.05) is 13.2 Å². The summed E-state index contributed by atoms with van der Waals surface area (Å²) < 4.78 is 5.48. The molecule has 0 aliphatic carbocycles. The second-order valence-electron chi connectivity index (χ2n) is 4.56. The summed E-state index contributed by atoms with van der Waals surface area (Å²) in [5.41, 5.74) is 0.821. The van der Waals surface area contributed by atoms with Gasteiger partial charge in [-0.25, -0.2) is 0 Å². The van der Waals surface area contributed by atoms with E-state index in [0.717, 1.165) is 50.9 Å². The molecular weight excluding hydrogens is 228 g/mol. The highest BCUT2D eigenvalue weighted by molar-refractivity contribution is 5.44. The van der Waals surface area contributed by atoms with E-state index in [1.807, 2.05) is 6.07 Å². The van der Waals surface area contributed by atoms with E-state index in [0.29, 0.717) is 0 Å². The smallest absolute Gasteiger partial charge is 0.160 e. The van der Waals surface area contributed by atoms with E-state index in [-0.39, 0.29) is 11.5 Å². The topological polar surface area (TPSA) is 49.7 Å². The van der Waals surface area contributed by atoms with E-state index in [9.17, 15) is 10.2 Å². The molecule has 1 aromatic carbocycles. The molecule has 0 radical (unpaired) electrons. The van der Waals surface area contributed by atoms with Gasteiger partial charge in [-0.3, -0.25) is 0 Å². The summed E-state index contributed by atoms with van der Waals surface area (Å²) >= 11 is 0. The third kappa shape index (κ3) is 5.41. The molecule has 3 heteroatoms. The summed E-state index contributed by atoms with van der Waals surface area (Å²) in [6.07, 6.45) is 6.27. The summed E-state index contributed by atoms with van der Waals surface area (Å²) in [6, 6.07) is 5.12. The molecule has 102 valence electrons. The van der Waals surface area contributed by atoms with Gasteiger partial charge in [-0.05, 0) is 37.3 Å². The molecule has 2 N–H and O–H groups in total. The van der Waals surface area contributed by atoms with Crippen LogP contribution in [0.3, 0.4) is 0 Å². The number of benzene rings is 1. The van der Waals surface area contributed by atoms with Gasteiger partial charge in [-0.2, -0.15) is 0 Å². The highest BCUT2D eigenvalue weighted by Gasteiger charge is 2.04. The van der Waals surface area contributed by atoms with Gasteiger partial charge in [0.25, 0.3) is 0 Å². The zero-order chi connectivity index (χ0) is 13.2. The molecule has 0 heterocycles. The van der Waals surface area contributed by atoms with Crippen LogP contribution in [0.15, 0.2) is 18.2 Å². The summed E-state index contributed by atoms with van der Waals surface area (Å²) in [5, 5.41) is 19.0. The largest absolute Gasteiger partial charge is 0.504 e. The quantitative estimate of drug-likeness (QED) is 0.521. The van der Waals surface area contributed by atoms with E-state index >= 15 is 0 Å². The van der Waals surface area contributed by atoms with E-state index in [1.54, 1.807) is 6.07 Å². The van der Waals surface area contributed by atoms with Crippen LogP contribution in [0.1, 0.15) is 44.6 Å². The molecule has 0 unspecified atom stereocenters. The number of phenolic OH excluding ortho intramolecular Hbond substituents is 2. The molecule has 3 nitrogen and oxygen atoms in total. The molecule has 0 fully saturated rings. The predicted molar refractivity (Wildman–Crippen MR) is 73.1 cm³/mol. The number of aromatic hydroxyl groups is 2.